The quantitative estimate of drug-likeness (QED) is 0.752. The average molecular weight is 422 g/mol. The molecule has 5 rings (SSSR count). The van der Waals surface area contributed by atoms with E-state index in [9.17, 15) is 0 Å². The molecule has 2 aromatic rings. The minimum atomic E-state index is 0.249. The maximum absolute atomic E-state index is 5.60. The van der Waals surface area contributed by atoms with E-state index >= 15 is 0 Å². The lowest BCUT2D eigenvalue weighted by molar-refractivity contribution is 0.122. The van der Waals surface area contributed by atoms with Crippen molar-refractivity contribution in [1.82, 2.24) is 15.0 Å². The van der Waals surface area contributed by atoms with Gasteiger partial charge in [-0.25, -0.2) is 9.97 Å². The molecule has 1 aromatic heterocycles. The summed E-state index contributed by atoms with van der Waals surface area (Å²) in [5, 5.41) is 6.66. The van der Waals surface area contributed by atoms with Crippen LogP contribution in [0.1, 0.15) is 25.8 Å². The summed E-state index contributed by atoms with van der Waals surface area (Å²) in [6.07, 6.45) is 1.22. The zero-order valence-corrected chi connectivity index (χ0v) is 18.9. The highest BCUT2D eigenvalue weighted by atomic mass is 16.5. The van der Waals surface area contributed by atoms with E-state index in [1.54, 1.807) is 0 Å². The molecule has 0 bridgehead atoms. The number of nitrogens with zero attached hydrogens (tertiary/aromatic N) is 7. The fourth-order valence-electron chi connectivity index (χ4n) is 4.67. The standard InChI is InChI=1S/C23H31N7O/c1-5-30-16(2)28(4)20-22(29-11-13-31-14-12-29)24-21(25-23(20)30)18-8-6-7-17(15-18)19-9-10-27(3)26-19/h6-8,15-16H,5,9-14H2,1-4H3. The summed E-state index contributed by atoms with van der Waals surface area (Å²) < 4.78 is 5.60. The van der Waals surface area contributed by atoms with Gasteiger partial charge in [-0.2, -0.15) is 5.10 Å². The Hall–Kier alpha value is -2.87. The van der Waals surface area contributed by atoms with Gasteiger partial charge in [-0.1, -0.05) is 18.2 Å². The van der Waals surface area contributed by atoms with Gasteiger partial charge in [-0.3, -0.25) is 5.01 Å². The molecule has 0 aliphatic carbocycles. The van der Waals surface area contributed by atoms with Gasteiger partial charge in [0.05, 0.1) is 25.1 Å². The van der Waals surface area contributed by atoms with Gasteiger partial charge in [0.1, 0.15) is 5.69 Å². The third-order valence-corrected chi connectivity index (χ3v) is 6.55. The molecule has 8 nitrogen and oxygen atoms in total. The van der Waals surface area contributed by atoms with Crippen molar-refractivity contribution in [2.75, 3.05) is 68.2 Å². The number of hydrogen-bond acceptors (Lipinski definition) is 8. The topological polar surface area (TPSA) is 60.3 Å². The van der Waals surface area contributed by atoms with Crippen molar-refractivity contribution >= 4 is 23.0 Å². The van der Waals surface area contributed by atoms with Crippen LogP contribution in [-0.4, -0.2) is 80.3 Å². The lowest BCUT2D eigenvalue weighted by atomic mass is 10.0. The van der Waals surface area contributed by atoms with Crippen molar-refractivity contribution < 1.29 is 4.74 Å². The van der Waals surface area contributed by atoms with E-state index in [-0.39, 0.29) is 6.17 Å². The highest BCUT2D eigenvalue weighted by Crippen LogP contribution is 2.44. The van der Waals surface area contributed by atoms with Gasteiger partial charge >= 0.3 is 0 Å². The van der Waals surface area contributed by atoms with E-state index in [2.05, 4.69) is 65.0 Å². The normalized spacial score (nSPS) is 21.0. The zero-order chi connectivity index (χ0) is 21.5. The highest BCUT2D eigenvalue weighted by Gasteiger charge is 2.36. The lowest BCUT2D eigenvalue weighted by Gasteiger charge is -2.31. The number of aromatic nitrogens is 2. The number of hydrazone groups is 1. The van der Waals surface area contributed by atoms with E-state index in [0.29, 0.717) is 0 Å². The molecule has 0 N–H and O–H groups in total. The third-order valence-electron chi connectivity index (χ3n) is 6.55. The molecule has 1 unspecified atom stereocenters. The monoisotopic (exact) mass is 421 g/mol. The Bertz CT molecular complexity index is 1000. The van der Waals surface area contributed by atoms with Crippen LogP contribution in [-0.2, 0) is 4.74 Å². The van der Waals surface area contributed by atoms with Crippen molar-refractivity contribution in [3.8, 4) is 11.4 Å². The number of fused-ring (bicyclic) bond motifs is 1. The molecule has 1 fully saturated rings. The molecule has 1 saturated heterocycles. The fraction of sp³-hybridized carbons (Fsp3) is 0.522. The molecular formula is C23H31N7O. The summed E-state index contributed by atoms with van der Waals surface area (Å²) in [5.41, 5.74) is 4.43. The van der Waals surface area contributed by atoms with Crippen LogP contribution in [0.4, 0.5) is 17.3 Å². The van der Waals surface area contributed by atoms with Gasteiger partial charge in [0.25, 0.3) is 0 Å². The molecule has 4 heterocycles. The van der Waals surface area contributed by atoms with Gasteiger partial charge in [-0.15, -0.1) is 0 Å². The molecule has 1 aromatic carbocycles. The van der Waals surface area contributed by atoms with E-state index < -0.39 is 0 Å². The minimum absolute atomic E-state index is 0.249. The first kappa shape index (κ1) is 20.1. The summed E-state index contributed by atoms with van der Waals surface area (Å²) in [4.78, 5) is 17.2. The second kappa shape index (κ2) is 8.00. The largest absolute Gasteiger partial charge is 0.378 e. The van der Waals surface area contributed by atoms with Gasteiger partial charge in [0.15, 0.2) is 17.5 Å². The third kappa shape index (κ3) is 3.48. The first-order chi connectivity index (χ1) is 15.1. The fourth-order valence-corrected chi connectivity index (χ4v) is 4.67. The molecule has 8 heteroatoms. The lowest BCUT2D eigenvalue weighted by Crippen LogP contribution is -2.40. The van der Waals surface area contributed by atoms with E-state index in [1.165, 1.54) is 0 Å². The number of anilines is 3. The van der Waals surface area contributed by atoms with Gasteiger partial charge in [-0.05, 0) is 25.5 Å². The molecule has 3 aliphatic heterocycles. The number of benzene rings is 1. The summed E-state index contributed by atoms with van der Waals surface area (Å²) in [6, 6.07) is 8.50. The van der Waals surface area contributed by atoms with E-state index in [1.807, 2.05) is 12.1 Å². The van der Waals surface area contributed by atoms with Crippen molar-refractivity contribution in [3.63, 3.8) is 0 Å². The summed E-state index contributed by atoms with van der Waals surface area (Å²) in [5.74, 6) is 2.80. The molecule has 0 saturated carbocycles. The molecule has 1 atom stereocenters. The van der Waals surface area contributed by atoms with Crippen LogP contribution in [0.3, 0.4) is 0 Å². The summed E-state index contributed by atoms with van der Waals surface area (Å²) in [7, 11) is 4.16. The van der Waals surface area contributed by atoms with Crippen LogP contribution >= 0.6 is 0 Å². The molecule has 31 heavy (non-hydrogen) atoms. The van der Waals surface area contributed by atoms with Crippen LogP contribution in [0.2, 0.25) is 0 Å². The van der Waals surface area contributed by atoms with Crippen molar-refractivity contribution in [2.24, 2.45) is 5.10 Å². The minimum Gasteiger partial charge on any atom is -0.378 e. The molecular weight excluding hydrogens is 390 g/mol. The van der Waals surface area contributed by atoms with Gasteiger partial charge in [0, 0.05) is 52.3 Å². The Morgan fingerprint density at radius 1 is 1.03 bits per heavy atom. The molecule has 0 spiro atoms. The molecule has 0 amide bonds. The van der Waals surface area contributed by atoms with Crippen LogP contribution in [0.5, 0.6) is 0 Å². The van der Waals surface area contributed by atoms with Gasteiger partial charge < -0.3 is 19.4 Å². The Morgan fingerprint density at radius 2 is 1.77 bits per heavy atom. The Kier molecular flexibility index (Phi) is 5.17. The Morgan fingerprint density at radius 3 is 2.48 bits per heavy atom. The van der Waals surface area contributed by atoms with Crippen molar-refractivity contribution in [2.45, 2.75) is 26.4 Å². The molecule has 3 aliphatic rings. The number of ether oxygens (including phenoxy) is 1. The van der Waals surface area contributed by atoms with Crippen molar-refractivity contribution in [1.29, 1.82) is 0 Å². The maximum atomic E-state index is 5.60. The second-order valence-electron chi connectivity index (χ2n) is 8.43. The smallest absolute Gasteiger partial charge is 0.164 e. The predicted molar refractivity (Wildman–Crippen MR) is 125 cm³/mol. The van der Waals surface area contributed by atoms with Crippen LogP contribution in [0.15, 0.2) is 29.4 Å². The Labute approximate surface area is 184 Å². The molecule has 164 valence electrons. The SMILES string of the molecule is CCN1c2nc(-c3cccc(C4=NN(C)CC4)c3)nc(N3CCOCC3)c2N(C)C1C. The molecule has 0 radical (unpaired) electrons. The first-order valence-corrected chi connectivity index (χ1v) is 11.2. The highest BCUT2D eigenvalue weighted by molar-refractivity contribution is 6.02. The first-order valence-electron chi connectivity index (χ1n) is 11.2. The van der Waals surface area contributed by atoms with Gasteiger partial charge in [0.2, 0.25) is 0 Å². The zero-order valence-electron chi connectivity index (χ0n) is 18.9. The summed E-state index contributed by atoms with van der Waals surface area (Å²) >= 11 is 0. The predicted octanol–water partition coefficient (Wildman–Crippen LogP) is 2.64. The second-order valence-corrected chi connectivity index (χ2v) is 8.43. The number of hydrogen-bond donors (Lipinski definition) is 0. The Balaban J connectivity index is 1.62. The van der Waals surface area contributed by atoms with Crippen molar-refractivity contribution in [3.05, 3.63) is 29.8 Å². The van der Waals surface area contributed by atoms with Crippen LogP contribution in [0.25, 0.3) is 11.4 Å². The maximum Gasteiger partial charge on any atom is 0.164 e. The van der Waals surface area contributed by atoms with E-state index in [4.69, 9.17) is 14.7 Å². The number of morpholine rings is 1. The van der Waals surface area contributed by atoms with Crippen LogP contribution in [0, 0.1) is 0 Å². The summed E-state index contributed by atoms with van der Waals surface area (Å²) in [6.45, 7) is 9.43. The average Bonchev–Trinajstić information content (AvgIpc) is 3.35. The number of rotatable bonds is 4. The van der Waals surface area contributed by atoms with E-state index in [0.717, 1.165) is 85.8 Å². The van der Waals surface area contributed by atoms with Crippen LogP contribution < -0.4 is 14.7 Å².